The Bertz CT molecular complexity index is 716. The Morgan fingerprint density at radius 3 is 2.59 bits per heavy atom. The number of amides is 2. The molecule has 2 N–H and O–H groups in total. The highest BCUT2D eigenvalue weighted by Gasteiger charge is 2.07. The van der Waals surface area contributed by atoms with Crippen molar-refractivity contribution in [3.05, 3.63) is 48.0 Å². The fraction of sp³-hybridized carbons (Fsp3) is 0.188. The van der Waals surface area contributed by atoms with Gasteiger partial charge in [0, 0.05) is 39.4 Å². The molecule has 22 heavy (non-hydrogen) atoms. The average molecular weight is 318 g/mol. The van der Waals surface area contributed by atoms with Gasteiger partial charge in [0.25, 0.3) is 0 Å². The summed E-state index contributed by atoms with van der Waals surface area (Å²) in [6, 6.07) is 12.0. The van der Waals surface area contributed by atoms with Gasteiger partial charge in [-0.1, -0.05) is 12.1 Å². The van der Waals surface area contributed by atoms with Crippen LogP contribution in [-0.4, -0.2) is 23.6 Å². The Morgan fingerprint density at radius 2 is 1.91 bits per heavy atom. The van der Waals surface area contributed by atoms with Crippen LogP contribution < -0.4 is 15.4 Å². The third kappa shape index (κ3) is 4.08. The second-order valence-corrected chi connectivity index (χ2v) is 6.12. The van der Waals surface area contributed by atoms with Crippen molar-refractivity contribution in [2.45, 2.75) is 11.8 Å². The SMILES string of the molecule is COc1ccc(C)c(NC(=O)Nc2cccc([S@@](C)=O)c2)c1. The maximum Gasteiger partial charge on any atom is 0.323 e. The van der Waals surface area contributed by atoms with Crippen molar-refractivity contribution in [2.75, 3.05) is 24.0 Å². The number of carbonyl (C=O) groups excluding carboxylic acids is 1. The van der Waals surface area contributed by atoms with Crippen molar-refractivity contribution in [3.8, 4) is 5.75 Å². The quantitative estimate of drug-likeness (QED) is 0.908. The zero-order valence-electron chi connectivity index (χ0n) is 12.7. The summed E-state index contributed by atoms with van der Waals surface area (Å²) < 4.78 is 16.6. The summed E-state index contributed by atoms with van der Waals surface area (Å²) in [5.74, 6) is 0.671. The van der Waals surface area contributed by atoms with Gasteiger partial charge in [-0.3, -0.25) is 4.21 Å². The monoisotopic (exact) mass is 318 g/mol. The second-order valence-electron chi connectivity index (χ2n) is 4.74. The number of hydrogen-bond donors (Lipinski definition) is 2. The fourth-order valence-electron chi connectivity index (χ4n) is 1.90. The van der Waals surface area contributed by atoms with Gasteiger partial charge < -0.3 is 15.4 Å². The Kier molecular flexibility index (Phi) is 5.16. The molecule has 2 amide bonds. The van der Waals surface area contributed by atoms with Gasteiger partial charge in [-0.25, -0.2) is 4.79 Å². The van der Waals surface area contributed by atoms with Crippen molar-refractivity contribution in [1.82, 2.24) is 0 Å². The Hall–Kier alpha value is -2.34. The highest BCUT2D eigenvalue weighted by Crippen LogP contribution is 2.22. The predicted octanol–water partition coefficient (Wildman–Crippen LogP) is 3.39. The van der Waals surface area contributed by atoms with Crippen LogP contribution in [0.4, 0.5) is 16.2 Å². The van der Waals surface area contributed by atoms with Crippen LogP contribution in [0.2, 0.25) is 0 Å². The smallest absolute Gasteiger partial charge is 0.323 e. The molecule has 0 unspecified atom stereocenters. The van der Waals surface area contributed by atoms with E-state index in [1.165, 1.54) is 0 Å². The molecule has 0 fully saturated rings. The molecule has 0 radical (unpaired) electrons. The first-order valence-corrected chi connectivity index (χ1v) is 8.21. The highest BCUT2D eigenvalue weighted by molar-refractivity contribution is 7.84. The molecule has 0 aliphatic heterocycles. The number of ether oxygens (including phenoxy) is 1. The van der Waals surface area contributed by atoms with Gasteiger partial charge >= 0.3 is 6.03 Å². The number of rotatable bonds is 4. The maximum atomic E-state index is 12.1. The summed E-state index contributed by atoms with van der Waals surface area (Å²) >= 11 is 0. The number of aryl methyl sites for hydroxylation is 1. The van der Waals surface area contributed by atoms with E-state index < -0.39 is 10.8 Å². The number of anilines is 2. The summed E-state index contributed by atoms with van der Waals surface area (Å²) in [4.78, 5) is 12.7. The average Bonchev–Trinajstić information content (AvgIpc) is 2.49. The molecule has 2 aromatic carbocycles. The van der Waals surface area contributed by atoms with Crippen LogP contribution in [0.15, 0.2) is 47.4 Å². The zero-order chi connectivity index (χ0) is 16.1. The van der Waals surface area contributed by atoms with E-state index in [1.807, 2.05) is 19.1 Å². The zero-order valence-corrected chi connectivity index (χ0v) is 13.5. The van der Waals surface area contributed by atoms with Gasteiger partial charge in [-0.2, -0.15) is 0 Å². The topological polar surface area (TPSA) is 67.4 Å². The molecule has 0 spiro atoms. The normalized spacial score (nSPS) is 11.6. The molecule has 0 heterocycles. The number of nitrogens with one attached hydrogen (secondary N) is 2. The van der Waals surface area contributed by atoms with Crippen molar-refractivity contribution in [1.29, 1.82) is 0 Å². The number of urea groups is 1. The summed E-state index contributed by atoms with van der Waals surface area (Å²) in [5.41, 5.74) is 2.19. The molecule has 2 rings (SSSR count). The van der Waals surface area contributed by atoms with Gasteiger partial charge in [-0.05, 0) is 36.8 Å². The lowest BCUT2D eigenvalue weighted by Crippen LogP contribution is -2.20. The van der Waals surface area contributed by atoms with Crippen LogP contribution in [0.3, 0.4) is 0 Å². The van der Waals surface area contributed by atoms with E-state index in [0.717, 1.165) is 5.56 Å². The van der Waals surface area contributed by atoms with E-state index >= 15 is 0 Å². The molecule has 116 valence electrons. The number of benzene rings is 2. The molecule has 0 aliphatic rings. The van der Waals surface area contributed by atoms with E-state index in [2.05, 4.69) is 10.6 Å². The minimum atomic E-state index is -1.09. The fourth-order valence-corrected chi connectivity index (χ4v) is 2.46. The van der Waals surface area contributed by atoms with Crippen LogP contribution in [0.1, 0.15) is 5.56 Å². The highest BCUT2D eigenvalue weighted by atomic mass is 32.2. The minimum absolute atomic E-state index is 0.365. The van der Waals surface area contributed by atoms with Crippen LogP contribution in [-0.2, 0) is 10.8 Å². The predicted molar refractivity (Wildman–Crippen MR) is 89.1 cm³/mol. The standard InChI is InChI=1S/C16H18N2O3S/c1-11-7-8-13(21-2)10-15(11)18-16(19)17-12-5-4-6-14(9-12)22(3)20/h4-10H,1-3H3,(H2,17,18,19)/t22-/m1/s1. The number of methoxy groups -OCH3 is 1. The van der Waals surface area contributed by atoms with Crippen LogP contribution in [0, 0.1) is 6.92 Å². The van der Waals surface area contributed by atoms with Gasteiger partial charge in [0.15, 0.2) is 0 Å². The Labute approximate surface area is 132 Å². The molecule has 0 saturated carbocycles. The van der Waals surface area contributed by atoms with E-state index in [0.29, 0.717) is 22.0 Å². The van der Waals surface area contributed by atoms with Crippen molar-refractivity contribution in [3.63, 3.8) is 0 Å². The van der Waals surface area contributed by atoms with Gasteiger partial charge in [0.2, 0.25) is 0 Å². The summed E-state index contributed by atoms with van der Waals surface area (Å²) in [6.07, 6.45) is 1.60. The maximum absolute atomic E-state index is 12.1. The van der Waals surface area contributed by atoms with Gasteiger partial charge in [0.05, 0.1) is 7.11 Å². The van der Waals surface area contributed by atoms with Gasteiger partial charge in [-0.15, -0.1) is 0 Å². The summed E-state index contributed by atoms with van der Waals surface area (Å²) in [5, 5.41) is 5.50. The first kappa shape index (κ1) is 16.0. The lowest BCUT2D eigenvalue weighted by Gasteiger charge is -2.11. The Balaban J connectivity index is 2.10. The first-order chi connectivity index (χ1) is 10.5. The molecule has 0 bridgehead atoms. The first-order valence-electron chi connectivity index (χ1n) is 6.65. The van der Waals surface area contributed by atoms with Crippen LogP contribution in [0.25, 0.3) is 0 Å². The number of carbonyl (C=O) groups is 1. The Morgan fingerprint density at radius 1 is 1.14 bits per heavy atom. The molecule has 0 saturated heterocycles. The summed E-state index contributed by atoms with van der Waals surface area (Å²) in [6.45, 7) is 1.90. The van der Waals surface area contributed by atoms with E-state index in [1.54, 1.807) is 43.7 Å². The number of hydrogen-bond acceptors (Lipinski definition) is 3. The third-order valence-electron chi connectivity index (χ3n) is 3.12. The van der Waals surface area contributed by atoms with Gasteiger partial charge in [0.1, 0.15) is 5.75 Å². The van der Waals surface area contributed by atoms with E-state index in [9.17, 15) is 9.00 Å². The second kappa shape index (κ2) is 7.09. The molecule has 2 aromatic rings. The van der Waals surface area contributed by atoms with Crippen molar-refractivity contribution < 1.29 is 13.7 Å². The lowest BCUT2D eigenvalue weighted by atomic mass is 10.2. The van der Waals surface area contributed by atoms with E-state index in [-0.39, 0.29) is 6.03 Å². The molecular weight excluding hydrogens is 300 g/mol. The largest absolute Gasteiger partial charge is 0.497 e. The summed E-state index contributed by atoms with van der Waals surface area (Å²) in [7, 11) is 0.486. The van der Waals surface area contributed by atoms with Crippen LogP contribution >= 0.6 is 0 Å². The molecule has 0 aliphatic carbocycles. The minimum Gasteiger partial charge on any atom is -0.497 e. The molecular formula is C16H18N2O3S. The molecule has 6 heteroatoms. The van der Waals surface area contributed by atoms with E-state index in [4.69, 9.17) is 4.74 Å². The van der Waals surface area contributed by atoms with Crippen molar-refractivity contribution in [2.24, 2.45) is 0 Å². The van der Waals surface area contributed by atoms with Crippen molar-refractivity contribution >= 4 is 28.2 Å². The molecule has 1 atom stereocenters. The molecule has 0 aromatic heterocycles. The van der Waals surface area contributed by atoms with Crippen LogP contribution in [0.5, 0.6) is 5.75 Å². The molecule has 5 nitrogen and oxygen atoms in total. The lowest BCUT2D eigenvalue weighted by molar-refractivity contribution is 0.262. The third-order valence-corrected chi connectivity index (χ3v) is 4.03.